The quantitative estimate of drug-likeness (QED) is 0.526. The molecule has 3 atom stereocenters. The molecule has 1 N–H and O–H groups in total. The molecule has 0 aromatic heterocycles. The van der Waals surface area contributed by atoms with Crippen molar-refractivity contribution in [2.24, 2.45) is 5.92 Å². The molecule has 0 aromatic carbocycles. The summed E-state index contributed by atoms with van der Waals surface area (Å²) in [5.74, 6) is -0.290. The second kappa shape index (κ2) is 12.4. The molecule has 0 radical (unpaired) electrons. The Balaban J connectivity index is 1.26. The van der Waals surface area contributed by atoms with E-state index in [0.29, 0.717) is 45.3 Å². The molecular weight excluding hydrogens is 400 g/mol. The van der Waals surface area contributed by atoms with Gasteiger partial charge in [0.25, 0.3) is 0 Å². The lowest BCUT2D eigenvalue weighted by Crippen LogP contribution is -2.42. The SMILES string of the molecule is C[C@H](CNC(=O)CC[C@H]1CCCO1)OC(=O)C1CCN(C(=O)CC[C@@H]2CCCO2)CC1. The van der Waals surface area contributed by atoms with Crippen molar-refractivity contribution < 1.29 is 28.6 Å². The average molecular weight is 439 g/mol. The van der Waals surface area contributed by atoms with Crippen LogP contribution in [0.25, 0.3) is 0 Å². The molecular formula is C23H38N2O6. The van der Waals surface area contributed by atoms with Crippen molar-refractivity contribution in [3.05, 3.63) is 0 Å². The summed E-state index contributed by atoms with van der Waals surface area (Å²) in [4.78, 5) is 38.7. The van der Waals surface area contributed by atoms with E-state index in [1.807, 2.05) is 4.90 Å². The highest BCUT2D eigenvalue weighted by molar-refractivity contribution is 5.77. The Morgan fingerprint density at radius 1 is 0.968 bits per heavy atom. The predicted molar refractivity (Wildman–Crippen MR) is 114 cm³/mol. The molecule has 0 aromatic rings. The zero-order valence-electron chi connectivity index (χ0n) is 18.8. The fourth-order valence-corrected chi connectivity index (χ4v) is 4.53. The third kappa shape index (κ3) is 8.07. The van der Waals surface area contributed by atoms with Crippen LogP contribution in [0.2, 0.25) is 0 Å². The molecule has 3 heterocycles. The van der Waals surface area contributed by atoms with Gasteiger partial charge in [-0.15, -0.1) is 0 Å². The summed E-state index contributed by atoms with van der Waals surface area (Å²) >= 11 is 0. The Bertz CT molecular complexity index is 593. The highest BCUT2D eigenvalue weighted by atomic mass is 16.5. The zero-order chi connectivity index (χ0) is 22.1. The predicted octanol–water partition coefficient (Wildman–Crippen LogP) is 2.19. The van der Waals surface area contributed by atoms with Gasteiger partial charge in [0.2, 0.25) is 11.8 Å². The maximum absolute atomic E-state index is 12.5. The van der Waals surface area contributed by atoms with Gasteiger partial charge in [0.05, 0.1) is 24.7 Å². The van der Waals surface area contributed by atoms with E-state index in [1.54, 1.807) is 6.92 Å². The molecule has 3 aliphatic heterocycles. The standard InChI is InChI=1S/C23H38N2O6/c1-17(16-24-21(26)8-6-19-4-2-14-29-19)31-23(28)18-10-12-25(13-11-18)22(27)9-7-20-5-3-15-30-20/h17-20H,2-16H2,1H3,(H,24,26)/t17-,19-,20+/m1/s1. The van der Waals surface area contributed by atoms with Crippen molar-refractivity contribution in [3.8, 4) is 0 Å². The Morgan fingerprint density at radius 3 is 2.16 bits per heavy atom. The van der Waals surface area contributed by atoms with Gasteiger partial charge in [0.1, 0.15) is 6.10 Å². The minimum Gasteiger partial charge on any atom is -0.461 e. The van der Waals surface area contributed by atoms with Crippen molar-refractivity contribution in [1.82, 2.24) is 10.2 Å². The van der Waals surface area contributed by atoms with Crippen LogP contribution >= 0.6 is 0 Å². The van der Waals surface area contributed by atoms with Crippen LogP contribution in [0.1, 0.15) is 71.1 Å². The number of ether oxygens (including phenoxy) is 3. The maximum atomic E-state index is 12.5. The summed E-state index contributed by atoms with van der Waals surface area (Å²) < 4.78 is 16.6. The van der Waals surface area contributed by atoms with Gasteiger partial charge in [-0.25, -0.2) is 0 Å². The van der Waals surface area contributed by atoms with E-state index in [4.69, 9.17) is 14.2 Å². The zero-order valence-corrected chi connectivity index (χ0v) is 18.8. The summed E-state index contributed by atoms with van der Waals surface area (Å²) in [7, 11) is 0. The van der Waals surface area contributed by atoms with E-state index in [9.17, 15) is 14.4 Å². The average Bonchev–Trinajstić information content (AvgIpc) is 3.49. The molecule has 3 rings (SSSR count). The van der Waals surface area contributed by atoms with Crippen LogP contribution < -0.4 is 5.32 Å². The van der Waals surface area contributed by atoms with Gasteiger partial charge in [0, 0.05) is 39.1 Å². The summed E-state index contributed by atoms with van der Waals surface area (Å²) in [6, 6.07) is 0. The van der Waals surface area contributed by atoms with Crippen LogP contribution in [-0.4, -0.2) is 73.8 Å². The summed E-state index contributed by atoms with van der Waals surface area (Å²) in [5, 5.41) is 2.84. The van der Waals surface area contributed by atoms with Crippen molar-refractivity contribution in [2.45, 2.75) is 89.4 Å². The molecule has 8 nitrogen and oxygen atoms in total. The Morgan fingerprint density at radius 2 is 1.58 bits per heavy atom. The number of esters is 1. The number of amides is 2. The number of carbonyl (C=O) groups is 3. The van der Waals surface area contributed by atoms with E-state index < -0.39 is 0 Å². The van der Waals surface area contributed by atoms with Crippen LogP contribution in [0.5, 0.6) is 0 Å². The summed E-state index contributed by atoms with van der Waals surface area (Å²) in [6.07, 6.45) is 8.04. The van der Waals surface area contributed by atoms with Gasteiger partial charge < -0.3 is 24.4 Å². The number of likely N-dealkylation sites (tertiary alicyclic amines) is 1. The van der Waals surface area contributed by atoms with E-state index in [2.05, 4.69) is 5.32 Å². The molecule has 176 valence electrons. The molecule has 8 heteroatoms. The lowest BCUT2D eigenvalue weighted by molar-refractivity contribution is -0.156. The van der Waals surface area contributed by atoms with E-state index >= 15 is 0 Å². The van der Waals surface area contributed by atoms with Crippen LogP contribution in [0.4, 0.5) is 0 Å². The number of nitrogens with one attached hydrogen (secondary N) is 1. The molecule has 0 aliphatic carbocycles. The first-order valence-electron chi connectivity index (χ1n) is 12.0. The van der Waals surface area contributed by atoms with Gasteiger partial charge in [-0.05, 0) is 58.3 Å². The molecule has 31 heavy (non-hydrogen) atoms. The minimum atomic E-state index is -0.370. The van der Waals surface area contributed by atoms with Crippen LogP contribution in [-0.2, 0) is 28.6 Å². The van der Waals surface area contributed by atoms with Gasteiger partial charge in [0.15, 0.2) is 0 Å². The molecule has 2 amide bonds. The first-order valence-corrected chi connectivity index (χ1v) is 12.0. The van der Waals surface area contributed by atoms with Crippen molar-refractivity contribution in [1.29, 1.82) is 0 Å². The molecule has 3 fully saturated rings. The Kier molecular flexibility index (Phi) is 9.58. The van der Waals surface area contributed by atoms with E-state index in [1.165, 1.54) is 0 Å². The number of nitrogens with zero attached hydrogens (tertiary/aromatic N) is 1. The highest BCUT2D eigenvalue weighted by Crippen LogP contribution is 2.22. The van der Waals surface area contributed by atoms with Gasteiger partial charge in [-0.3, -0.25) is 14.4 Å². The molecule has 0 saturated carbocycles. The molecule has 3 saturated heterocycles. The monoisotopic (exact) mass is 438 g/mol. The second-order valence-corrected chi connectivity index (χ2v) is 9.05. The van der Waals surface area contributed by atoms with Crippen molar-refractivity contribution in [3.63, 3.8) is 0 Å². The minimum absolute atomic E-state index is 0.0341. The normalized spacial score (nSPS) is 25.4. The van der Waals surface area contributed by atoms with E-state index in [0.717, 1.165) is 51.7 Å². The van der Waals surface area contributed by atoms with Crippen LogP contribution in [0.3, 0.4) is 0 Å². The van der Waals surface area contributed by atoms with Gasteiger partial charge in [-0.1, -0.05) is 0 Å². The lowest BCUT2D eigenvalue weighted by Gasteiger charge is -2.31. The number of carbonyl (C=O) groups excluding carboxylic acids is 3. The topological polar surface area (TPSA) is 94.2 Å². The van der Waals surface area contributed by atoms with Gasteiger partial charge in [-0.2, -0.15) is 0 Å². The fourth-order valence-electron chi connectivity index (χ4n) is 4.53. The number of hydrogen-bond acceptors (Lipinski definition) is 6. The summed E-state index contributed by atoms with van der Waals surface area (Å²) in [6.45, 7) is 4.90. The number of piperidine rings is 1. The largest absolute Gasteiger partial charge is 0.461 e. The summed E-state index contributed by atoms with van der Waals surface area (Å²) in [5.41, 5.74) is 0. The van der Waals surface area contributed by atoms with Crippen LogP contribution in [0.15, 0.2) is 0 Å². The second-order valence-electron chi connectivity index (χ2n) is 9.05. The molecule has 3 aliphatic rings. The number of rotatable bonds is 10. The van der Waals surface area contributed by atoms with E-state index in [-0.39, 0.29) is 42.0 Å². The maximum Gasteiger partial charge on any atom is 0.309 e. The lowest BCUT2D eigenvalue weighted by atomic mass is 9.96. The molecule has 0 spiro atoms. The van der Waals surface area contributed by atoms with Crippen LogP contribution in [0, 0.1) is 5.92 Å². The number of hydrogen-bond donors (Lipinski definition) is 1. The van der Waals surface area contributed by atoms with Crippen molar-refractivity contribution in [2.75, 3.05) is 32.8 Å². The van der Waals surface area contributed by atoms with Gasteiger partial charge >= 0.3 is 5.97 Å². The first kappa shape index (κ1) is 24.0. The third-order valence-corrected chi connectivity index (χ3v) is 6.51. The Labute approximate surface area is 185 Å². The highest BCUT2D eigenvalue weighted by Gasteiger charge is 2.29. The molecule has 0 unspecified atom stereocenters. The third-order valence-electron chi connectivity index (χ3n) is 6.51. The Hall–Kier alpha value is -1.67. The first-order chi connectivity index (χ1) is 15.0. The fraction of sp³-hybridized carbons (Fsp3) is 0.870. The molecule has 0 bridgehead atoms. The van der Waals surface area contributed by atoms with Crippen molar-refractivity contribution >= 4 is 17.8 Å². The smallest absolute Gasteiger partial charge is 0.309 e.